The molecule has 0 unspecified atom stereocenters. The molecule has 116 valence electrons. The number of rotatable bonds is 4. The number of azo groups is 1. The molecule has 3 rings (SSSR count). The Labute approximate surface area is 130 Å². The standard InChI is InChI=1S/C16H13FN4O2/c1-2-10-5-3-4-6-12(10)19-20-15-14(16(22)23)18-13-8-7-11(17)9-21(13)15/h3-9H,2H2,1H3,(H,22,23). The summed E-state index contributed by atoms with van der Waals surface area (Å²) in [5.74, 6) is -1.78. The predicted octanol–water partition coefficient (Wildman–Crippen LogP) is 4.15. The van der Waals surface area contributed by atoms with Crippen LogP contribution in [0.15, 0.2) is 52.8 Å². The van der Waals surface area contributed by atoms with Crippen molar-refractivity contribution in [2.75, 3.05) is 0 Å². The maximum absolute atomic E-state index is 13.4. The van der Waals surface area contributed by atoms with Crippen molar-refractivity contribution in [1.29, 1.82) is 0 Å². The Kier molecular flexibility index (Phi) is 3.84. The van der Waals surface area contributed by atoms with Crippen molar-refractivity contribution < 1.29 is 14.3 Å². The summed E-state index contributed by atoms with van der Waals surface area (Å²) in [6, 6.07) is 10.0. The van der Waals surface area contributed by atoms with Crippen LogP contribution in [0.5, 0.6) is 0 Å². The molecule has 0 bridgehead atoms. The van der Waals surface area contributed by atoms with E-state index < -0.39 is 11.8 Å². The average molecular weight is 312 g/mol. The summed E-state index contributed by atoms with van der Waals surface area (Å²) in [5.41, 5.74) is 1.64. The summed E-state index contributed by atoms with van der Waals surface area (Å²) in [5, 5.41) is 17.4. The van der Waals surface area contributed by atoms with E-state index in [9.17, 15) is 14.3 Å². The number of aromatic nitrogens is 2. The fourth-order valence-corrected chi connectivity index (χ4v) is 2.25. The van der Waals surface area contributed by atoms with Crippen molar-refractivity contribution in [3.63, 3.8) is 0 Å². The number of pyridine rings is 1. The Balaban J connectivity index is 2.14. The third-order valence-corrected chi connectivity index (χ3v) is 3.38. The molecule has 2 aromatic heterocycles. The summed E-state index contributed by atoms with van der Waals surface area (Å²) in [6.45, 7) is 1.99. The number of aromatic carboxylic acids is 1. The number of carbonyl (C=O) groups is 1. The van der Waals surface area contributed by atoms with E-state index in [2.05, 4.69) is 15.2 Å². The van der Waals surface area contributed by atoms with Crippen LogP contribution in [-0.4, -0.2) is 20.5 Å². The maximum Gasteiger partial charge on any atom is 0.358 e. The summed E-state index contributed by atoms with van der Waals surface area (Å²) >= 11 is 0. The van der Waals surface area contributed by atoms with E-state index >= 15 is 0 Å². The molecule has 7 heteroatoms. The molecular weight excluding hydrogens is 299 g/mol. The van der Waals surface area contributed by atoms with Crippen LogP contribution in [0.2, 0.25) is 0 Å². The number of carboxylic acid groups (broad SMARTS) is 1. The smallest absolute Gasteiger partial charge is 0.358 e. The van der Waals surface area contributed by atoms with Crippen molar-refractivity contribution in [1.82, 2.24) is 9.38 Å². The molecule has 0 atom stereocenters. The number of hydrogen-bond donors (Lipinski definition) is 1. The summed E-state index contributed by atoms with van der Waals surface area (Å²) < 4.78 is 14.7. The lowest BCUT2D eigenvalue weighted by atomic mass is 10.1. The molecule has 3 aromatic rings. The molecule has 0 aliphatic rings. The molecule has 0 saturated carbocycles. The zero-order valence-electron chi connectivity index (χ0n) is 12.3. The molecule has 1 aromatic carbocycles. The highest BCUT2D eigenvalue weighted by Crippen LogP contribution is 2.26. The van der Waals surface area contributed by atoms with Crippen LogP contribution in [0, 0.1) is 5.82 Å². The van der Waals surface area contributed by atoms with Crippen molar-refractivity contribution in [2.45, 2.75) is 13.3 Å². The topological polar surface area (TPSA) is 79.3 Å². The van der Waals surface area contributed by atoms with Crippen molar-refractivity contribution in [3.8, 4) is 0 Å². The second kappa shape index (κ2) is 5.96. The third-order valence-electron chi connectivity index (χ3n) is 3.38. The van der Waals surface area contributed by atoms with Gasteiger partial charge in [0.25, 0.3) is 0 Å². The highest BCUT2D eigenvalue weighted by atomic mass is 19.1. The van der Waals surface area contributed by atoms with Gasteiger partial charge in [-0.05, 0) is 30.2 Å². The highest BCUT2D eigenvalue weighted by Gasteiger charge is 2.18. The van der Waals surface area contributed by atoms with Crippen LogP contribution in [0.4, 0.5) is 15.9 Å². The maximum atomic E-state index is 13.4. The second-order valence-corrected chi connectivity index (χ2v) is 4.85. The largest absolute Gasteiger partial charge is 0.476 e. The number of benzene rings is 1. The van der Waals surface area contributed by atoms with E-state index in [1.165, 1.54) is 16.5 Å². The molecule has 23 heavy (non-hydrogen) atoms. The minimum atomic E-state index is -1.24. The Morgan fingerprint density at radius 1 is 1.26 bits per heavy atom. The zero-order valence-corrected chi connectivity index (χ0v) is 12.3. The SMILES string of the molecule is CCc1ccccc1N=Nc1c(C(=O)O)nc2ccc(F)cn12. The van der Waals surface area contributed by atoms with Crippen molar-refractivity contribution in [3.05, 3.63) is 59.7 Å². The molecule has 0 amide bonds. The van der Waals surface area contributed by atoms with Crippen molar-refractivity contribution in [2.24, 2.45) is 10.2 Å². The van der Waals surface area contributed by atoms with Gasteiger partial charge in [0.15, 0.2) is 11.5 Å². The number of halogens is 1. The van der Waals surface area contributed by atoms with Crippen LogP contribution in [0.1, 0.15) is 23.0 Å². The molecule has 0 aliphatic carbocycles. The quantitative estimate of drug-likeness (QED) is 0.735. The van der Waals surface area contributed by atoms with Crippen LogP contribution in [0.3, 0.4) is 0 Å². The van der Waals surface area contributed by atoms with Gasteiger partial charge in [0.2, 0.25) is 0 Å². The highest BCUT2D eigenvalue weighted by molar-refractivity contribution is 5.91. The lowest BCUT2D eigenvalue weighted by Gasteiger charge is -2.01. The Bertz CT molecular complexity index is 918. The molecule has 0 aliphatic heterocycles. The number of nitrogens with zero attached hydrogens (tertiary/aromatic N) is 4. The lowest BCUT2D eigenvalue weighted by Crippen LogP contribution is -1.96. The van der Waals surface area contributed by atoms with E-state index in [1.807, 2.05) is 25.1 Å². The number of fused-ring (bicyclic) bond motifs is 1. The molecule has 0 saturated heterocycles. The van der Waals surface area contributed by atoms with Gasteiger partial charge in [0.05, 0.1) is 5.69 Å². The molecule has 0 fully saturated rings. The van der Waals surface area contributed by atoms with E-state index in [0.29, 0.717) is 11.3 Å². The third kappa shape index (κ3) is 2.80. The Hall–Kier alpha value is -3.09. The normalized spacial score (nSPS) is 11.4. The first-order valence-corrected chi connectivity index (χ1v) is 7.00. The van der Waals surface area contributed by atoms with Gasteiger partial charge in [0, 0.05) is 6.20 Å². The monoisotopic (exact) mass is 312 g/mol. The van der Waals surface area contributed by atoms with Gasteiger partial charge in [-0.25, -0.2) is 14.2 Å². The Morgan fingerprint density at radius 2 is 2.04 bits per heavy atom. The van der Waals surface area contributed by atoms with Gasteiger partial charge in [0.1, 0.15) is 11.5 Å². The van der Waals surface area contributed by atoms with E-state index in [4.69, 9.17) is 0 Å². The molecule has 2 heterocycles. The van der Waals surface area contributed by atoms with Gasteiger partial charge >= 0.3 is 5.97 Å². The first-order valence-electron chi connectivity index (χ1n) is 7.00. The van der Waals surface area contributed by atoms with Gasteiger partial charge in [-0.2, -0.15) is 0 Å². The van der Waals surface area contributed by atoms with Crippen molar-refractivity contribution >= 4 is 23.1 Å². The molecule has 0 spiro atoms. The van der Waals surface area contributed by atoms with E-state index in [1.54, 1.807) is 6.07 Å². The van der Waals surface area contributed by atoms with E-state index in [0.717, 1.165) is 18.2 Å². The van der Waals surface area contributed by atoms with Crippen LogP contribution < -0.4 is 0 Å². The zero-order chi connectivity index (χ0) is 16.4. The Morgan fingerprint density at radius 3 is 2.78 bits per heavy atom. The fraction of sp³-hybridized carbons (Fsp3) is 0.125. The van der Waals surface area contributed by atoms with Crippen LogP contribution >= 0.6 is 0 Å². The van der Waals surface area contributed by atoms with E-state index in [-0.39, 0.29) is 11.5 Å². The molecule has 1 N–H and O–H groups in total. The van der Waals surface area contributed by atoms with Gasteiger partial charge in [-0.1, -0.05) is 25.1 Å². The number of carboxylic acids is 1. The summed E-state index contributed by atoms with van der Waals surface area (Å²) in [7, 11) is 0. The van der Waals surface area contributed by atoms with Gasteiger partial charge in [-0.15, -0.1) is 10.2 Å². The predicted molar refractivity (Wildman–Crippen MR) is 82.1 cm³/mol. The minimum Gasteiger partial charge on any atom is -0.476 e. The average Bonchev–Trinajstić information content (AvgIpc) is 2.91. The number of imidazole rings is 1. The summed E-state index contributed by atoms with van der Waals surface area (Å²) in [6.07, 6.45) is 1.90. The second-order valence-electron chi connectivity index (χ2n) is 4.85. The van der Waals surface area contributed by atoms with Crippen LogP contribution in [-0.2, 0) is 6.42 Å². The fourth-order valence-electron chi connectivity index (χ4n) is 2.25. The van der Waals surface area contributed by atoms with Crippen LogP contribution in [0.25, 0.3) is 5.65 Å². The molecule has 0 radical (unpaired) electrons. The molecular formula is C16H13FN4O2. The number of hydrogen-bond acceptors (Lipinski definition) is 4. The minimum absolute atomic E-state index is 0.0158. The lowest BCUT2D eigenvalue weighted by molar-refractivity contribution is 0.0692. The van der Waals surface area contributed by atoms with Gasteiger partial charge in [-0.3, -0.25) is 4.40 Å². The molecule has 6 nitrogen and oxygen atoms in total. The number of aryl methyl sites for hydroxylation is 1. The first kappa shape index (κ1) is 14.8. The van der Waals surface area contributed by atoms with Gasteiger partial charge < -0.3 is 5.11 Å². The first-order chi connectivity index (χ1) is 11.1. The summed E-state index contributed by atoms with van der Waals surface area (Å²) in [4.78, 5) is 15.3.